The molecule has 1 aliphatic heterocycles. The summed E-state index contributed by atoms with van der Waals surface area (Å²) in [5.74, 6) is -0.855. The van der Waals surface area contributed by atoms with Gasteiger partial charge >= 0.3 is 6.03 Å². The maximum Gasteiger partial charge on any atom is 0.325 e. The van der Waals surface area contributed by atoms with Gasteiger partial charge in [-0.25, -0.2) is 4.79 Å². The van der Waals surface area contributed by atoms with E-state index in [9.17, 15) is 14.4 Å². The summed E-state index contributed by atoms with van der Waals surface area (Å²) >= 11 is 0. The molecule has 6 heteroatoms. The van der Waals surface area contributed by atoms with E-state index in [1.165, 1.54) is 0 Å². The third-order valence-corrected chi connectivity index (χ3v) is 5.78. The first-order valence-electron chi connectivity index (χ1n) is 10.0. The number of nitrogens with one attached hydrogen (secondary N) is 2. The molecule has 1 fully saturated rings. The zero-order chi connectivity index (χ0) is 22.3. The van der Waals surface area contributed by atoms with Crippen LogP contribution in [0.2, 0.25) is 0 Å². The Balaban J connectivity index is 1.77. The molecular formula is C24H29N3O3. The lowest BCUT2D eigenvalue weighted by Gasteiger charge is -2.24. The third kappa shape index (κ3) is 3.95. The number of benzene rings is 2. The monoisotopic (exact) mass is 407 g/mol. The molecule has 0 bridgehead atoms. The second-order valence-corrected chi connectivity index (χ2v) is 9.07. The number of rotatable bonds is 4. The van der Waals surface area contributed by atoms with Crippen molar-refractivity contribution in [2.75, 3.05) is 11.9 Å². The van der Waals surface area contributed by atoms with Gasteiger partial charge in [0.25, 0.3) is 5.91 Å². The van der Waals surface area contributed by atoms with Crippen molar-refractivity contribution in [1.29, 1.82) is 0 Å². The molecule has 1 aliphatic rings. The van der Waals surface area contributed by atoms with Gasteiger partial charge < -0.3 is 10.6 Å². The normalized spacial score (nSPS) is 19.1. The summed E-state index contributed by atoms with van der Waals surface area (Å²) < 4.78 is 0. The minimum Gasteiger partial charge on any atom is -0.324 e. The number of hydrogen-bond acceptors (Lipinski definition) is 3. The molecule has 158 valence electrons. The quantitative estimate of drug-likeness (QED) is 0.752. The van der Waals surface area contributed by atoms with Gasteiger partial charge in [-0.1, -0.05) is 57.2 Å². The summed E-state index contributed by atoms with van der Waals surface area (Å²) in [6.45, 7) is 11.5. The Morgan fingerprint density at radius 2 is 1.70 bits per heavy atom. The molecule has 3 rings (SSSR count). The van der Waals surface area contributed by atoms with Gasteiger partial charge in [-0.3, -0.25) is 14.5 Å². The predicted molar refractivity (Wildman–Crippen MR) is 117 cm³/mol. The van der Waals surface area contributed by atoms with E-state index in [-0.39, 0.29) is 12.0 Å². The van der Waals surface area contributed by atoms with Crippen LogP contribution in [0.15, 0.2) is 42.5 Å². The molecule has 6 nitrogen and oxygen atoms in total. The molecule has 0 aromatic heterocycles. The number of imide groups is 1. The minimum absolute atomic E-state index is 0.0135. The first-order chi connectivity index (χ1) is 13.9. The lowest BCUT2D eigenvalue weighted by molar-refractivity contribution is -0.133. The van der Waals surface area contributed by atoms with Crippen LogP contribution < -0.4 is 10.6 Å². The Morgan fingerprint density at radius 3 is 2.30 bits per heavy atom. The number of anilines is 1. The van der Waals surface area contributed by atoms with E-state index in [2.05, 4.69) is 31.4 Å². The lowest BCUT2D eigenvalue weighted by Crippen LogP contribution is -2.42. The van der Waals surface area contributed by atoms with Crippen molar-refractivity contribution in [3.05, 3.63) is 64.7 Å². The van der Waals surface area contributed by atoms with Gasteiger partial charge in [-0.05, 0) is 54.5 Å². The summed E-state index contributed by atoms with van der Waals surface area (Å²) in [5.41, 5.74) is 3.28. The molecule has 2 aromatic rings. The highest BCUT2D eigenvalue weighted by Gasteiger charge is 2.49. The maximum atomic E-state index is 13.1. The molecule has 1 saturated heterocycles. The van der Waals surface area contributed by atoms with Gasteiger partial charge in [0.05, 0.1) is 0 Å². The molecule has 2 N–H and O–H groups in total. The Hall–Kier alpha value is -3.15. The van der Waals surface area contributed by atoms with Crippen molar-refractivity contribution in [2.45, 2.75) is 52.5 Å². The van der Waals surface area contributed by atoms with Crippen LogP contribution in [0.25, 0.3) is 0 Å². The van der Waals surface area contributed by atoms with Crippen LogP contribution in [-0.2, 0) is 20.5 Å². The van der Waals surface area contributed by atoms with E-state index >= 15 is 0 Å². The Morgan fingerprint density at radius 1 is 1.07 bits per heavy atom. The van der Waals surface area contributed by atoms with Crippen molar-refractivity contribution < 1.29 is 14.4 Å². The predicted octanol–water partition coefficient (Wildman–Crippen LogP) is 4.01. The van der Waals surface area contributed by atoms with Gasteiger partial charge in [0.15, 0.2) is 0 Å². The average Bonchev–Trinajstić information content (AvgIpc) is 2.89. The van der Waals surface area contributed by atoms with Crippen LogP contribution in [0.5, 0.6) is 0 Å². The molecule has 0 aliphatic carbocycles. The SMILES string of the molecule is Cc1cccc(NC(=O)CN2C(=O)NC(C)(c3ccc(C(C)(C)C)cc3)C2=O)c1C. The number of nitrogens with zero attached hydrogens (tertiary/aromatic N) is 1. The summed E-state index contributed by atoms with van der Waals surface area (Å²) in [7, 11) is 0. The van der Waals surface area contributed by atoms with Gasteiger partial charge in [-0.15, -0.1) is 0 Å². The van der Waals surface area contributed by atoms with Gasteiger partial charge in [0, 0.05) is 5.69 Å². The molecular weight excluding hydrogens is 378 g/mol. The van der Waals surface area contributed by atoms with Gasteiger partial charge in [0.2, 0.25) is 5.91 Å². The summed E-state index contributed by atoms with van der Waals surface area (Å²) in [5, 5.41) is 5.55. The van der Waals surface area contributed by atoms with E-state index in [1.54, 1.807) is 13.0 Å². The molecule has 30 heavy (non-hydrogen) atoms. The molecule has 2 aromatic carbocycles. The molecule has 0 saturated carbocycles. The largest absolute Gasteiger partial charge is 0.325 e. The first-order valence-corrected chi connectivity index (χ1v) is 10.0. The van der Waals surface area contributed by atoms with Gasteiger partial charge in [-0.2, -0.15) is 0 Å². The number of hydrogen-bond donors (Lipinski definition) is 2. The fourth-order valence-corrected chi connectivity index (χ4v) is 3.56. The smallest absolute Gasteiger partial charge is 0.324 e. The highest BCUT2D eigenvalue weighted by atomic mass is 16.2. The molecule has 1 unspecified atom stereocenters. The van der Waals surface area contributed by atoms with Crippen molar-refractivity contribution in [2.24, 2.45) is 0 Å². The third-order valence-electron chi connectivity index (χ3n) is 5.78. The van der Waals surface area contributed by atoms with Crippen LogP contribution in [0.3, 0.4) is 0 Å². The zero-order valence-corrected chi connectivity index (χ0v) is 18.4. The standard InChI is InChI=1S/C24H29N3O3/c1-15-8-7-9-19(16(15)2)25-20(28)14-27-21(29)24(6,26-22(27)30)18-12-10-17(11-13-18)23(3,4)5/h7-13H,14H2,1-6H3,(H,25,28)(H,26,30). The molecule has 0 spiro atoms. The second-order valence-electron chi connectivity index (χ2n) is 9.07. The molecule has 4 amide bonds. The van der Waals surface area contributed by atoms with Crippen molar-refractivity contribution in [3.8, 4) is 0 Å². The average molecular weight is 408 g/mol. The summed E-state index contributed by atoms with van der Waals surface area (Å²) in [6.07, 6.45) is 0. The van der Waals surface area contributed by atoms with Crippen molar-refractivity contribution >= 4 is 23.5 Å². The van der Waals surface area contributed by atoms with Crippen molar-refractivity contribution in [3.63, 3.8) is 0 Å². The first kappa shape index (κ1) is 21.6. The number of aryl methyl sites for hydroxylation is 1. The molecule has 1 heterocycles. The summed E-state index contributed by atoms with van der Waals surface area (Å²) in [4.78, 5) is 39.1. The lowest BCUT2D eigenvalue weighted by atomic mass is 9.84. The number of urea groups is 1. The summed E-state index contributed by atoms with van der Waals surface area (Å²) in [6, 6.07) is 12.7. The Kier molecular flexibility index (Phi) is 5.46. The van der Waals surface area contributed by atoms with Crippen LogP contribution >= 0.6 is 0 Å². The Bertz CT molecular complexity index is 1010. The van der Waals surface area contributed by atoms with E-state index in [0.29, 0.717) is 11.3 Å². The van der Waals surface area contributed by atoms with E-state index < -0.39 is 23.4 Å². The van der Waals surface area contributed by atoms with Crippen LogP contribution in [-0.4, -0.2) is 29.3 Å². The van der Waals surface area contributed by atoms with Gasteiger partial charge in [0.1, 0.15) is 12.1 Å². The highest BCUT2D eigenvalue weighted by molar-refractivity contribution is 6.10. The Labute approximate surface area is 177 Å². The van der Waals surface area contributed by atoms with Crippen LogP contribution in [0.4, 0.5) is 10.5 Å². The maximum absolute atomic E-state index is 13.1. The number of carbonyl (C=O) groups is 3. The topological polar surface area (TPSA) is 78.5 Å². The minimum atomic E-state index is -1.20. The van der Waals surface area contributed by atoms with E-state index in [0.717, 1.165) is 21.6 Å². The molecule has 1 atom stereocenters. The van der Waals surface area contributed by atoms with E-state index in [1.807, 2.05) is 50.2 Å². The fourth-order valence-electron chi connectivity index (χ4n) is 3.56. The number of amides is 4. The van der Waals surface area contributed by atoms with Crippen LogP contribution in [0, 0.1) is 13.8 Å². The highest BCUT2D eigenvalue weighted by Crippen LogP contribution is 2.31. The fraction of sp³-hybridized carbons (Fsp3) is 0.375. The van der Waals surface area contributed by atoms with Crippen molar-refractivity contribution in [1.82, 2.24) is 10.2 Å². The number of carbonyl (C=O) groups excluding carboxylic acids is 3. The molecule has 0 radical (unpaired) electrons. The zero-order valence-electron chi connectivity index (χ0n) is 18.4. The second kappa shape index (κ2) is 7.59. The van der Waals surface area contributed by atoms with Crippen LogP contribution in [0.1, 0.15) is 49.9 Å². The van der Waals surface area contributed by atoms with E-state index in [4.69, 9.17) is 0 Å².